The van der Waals surface area contributed by atoms with Gasteiger partial charge in [0.25, 0.3) is 0 Å². The van der Waals surface area contributed by atoms with Crippen LogP contribution in [0.5, 0.6) is 0 Å². The van der Waals surface area contributed by atoms with Gasteiger partial charge in [0, 0.05) is 36.7 Å². The van der Waals surface area contributed by atoms with Crippen molar-refractivity contribution < 1.29 is 9.59 Å². The van der Waals surface area contributed by atoms with Crippen molar-refractivity contribution in [1.29, 1.82) is 0 Å². The molecule has 1 saturated heterocycles. The Morgan fingerprint density at radius 2 is 1.96 bits per heavy atom. The average molecular weight is 351 g/mol. The van der Waals surface area contributed by atoms with Gasteiger partial charge in [0.2, 0.25) is 5.91 Å². The summed E-state index contributed by atoms with van der Waals surface area (Å²) in [5.74, 6) is 0.745. The molecule has 1 N–H and O–H groups in total. The Balaban J connectivity index is 1.42. The van der Waals surface area contributed by atoms with Crippen molar-refractivity contribution in [2.45, 2.75) is 50.9 Å². The number of hydrogen-bond donors (Lipinski definition) is 1. The third kappa shape index (κ3) is 2.96. The van der Waals surface area contributed by atoms with Gasteiger partial charge in [-0.1, -0.05) is 38.1 Å². The predicted octanol–water partition coefficient (Wildman–Crippen LogP) is 3.61. The third-order valence-electron chi connectivity index (χ3n) is 5.78. The zero-order valence-corrected chi connectivity index (χ0v) is 15.4. The zero-order chi connectivity index (χ0) is 18.3. The van der Waals surface area contributed by atoms with Gasteiger partial charge in [0.1, 0.15) is 0 Å². The van der Waals surface area contributed by atoms with E-state index >= 15 is 0 Å². The highest BCUT2D eigenvalue weighted by molar-refractivity contribution is 6.06. The molecule has 136 valence electrons. The molecule has 4 rings (SSSR count). The third-order valence-corrected chi connectivity index (χ3v) is 5.78. The number of carbonyl (C=O) groups excluding carboxylic acids is 2. The predicted molar refractivity (Wildman–Crippen MR) is 99.4 cm³/mol. The summed E-state index contributed by atoms with van der Waals surface area (Å²) < 4.78 is 0. The molecule has 0 saturated carbocycles. The van der Waals surface area contributed by atoms with E-state index in [1.54, 1.807) is 0 Å². The van der Waals surface area contributed by atoms with Crippen molar-refractivity contribution in [2.24, 2.45) is 0 Å². The Kier molecular flexibility index (Phi) is 4.39. The quantitative estimate of drug-likeness (QED) is 0.919. The maximum atomic E-state index is 13.0. The molecule has 0 unspecified atom stereocenters. The highest BCUT2D eigenvalue weighted by Crippen LogP contribution is 2.36. The molecular weight excluding hydrogens is 326 g/mol. The van der Waals surface area contributed by atoms with E-state index in [2.05, 4.69) is 30.1 Å². The van der Waals surface area contributed by atoms with E-state index in [0.29, 0.717) is 18.3 Å². The van der Waals surface area contributed by atoms with Gasteiger partial charge < -0.3 is 4.90 Å². The molecule has 1 amide bonds. The molecule has 2 aliphatic rings. The van der Waals surface area contributed by atoms with Gasteiger partial charge in [-0.25, -0.2) is 0 Å². The van der Waals surface area contributed by atoms with E-state index in [1.807, 2.05) is 29.2 Å². The number of rotatable bonds is 3. The number of nitrogens with zero attached hydrogens (tertiary/aromatic N) is 2. The molecule has 5 nitrogen and oxygen atoms in total. The first-order valence-corrected chi connectivity index (χ1v) is 9.50. The summed E-state index contributed by atoms with van der Waals surface area (Å²) >= 11 is 0. The lowest BCUT2D eigenvalue weighted by atomic mass is 9.91. The molecule has 2 aromatic rings. The van der Waals surface area contributed by atoms with Gasteiger partial charge in [-0.05, 0) is 30.4 Å². The standard InChI is InChI=1S/C21H25N3O2/c1-13(2)18-12-19(23-22-18)14-7-9-24(10-8-14)21(26)17-11-20(25)16-6-4-3-5-15(16)17/h3-6,12-14,17H,7-11H2,1-2H3,(H,22,23)/t17-/m1/s1. The molecule has 26 heavy (non-hydrogen) atoms. The maximum absolute atomic E-state index is 13.0. The number of nitrogens with one attached hydrogen (secondary N) is 1. The second-order valence-electron chi connectivity index (χ2n) is 7.77. The SMILES string of the molecule is CC(C)c1cc(C2CCN(C(=O)[C@@H]3CC(=O)c4ccccc43)CC2)[nH]n1. The first-order chi connectivity index (χ1) is 12.5. The molecule has 1 aromatic carbocycles. The Morgan fingerprint density at radius 3 is 2.65 bits per heavy atom. The zero-order valence-electron chi connectivity index (χ0n) is 15.4. The largest absolute Gasteiger partial charge is 0.342 e. The Bertz CT molecular complexity index is 831. The lowest BCUT2D eigenvalue weighted by Crippen LogP contribution is -2.40. The molecule has 1 fully saturated rings. The summed E-state index contributed by atoms with van der Waals surface area (Å²) in [6.07, 6.45) is 2.19. The van der Waals surface area contributed by atoms with Crippen LogP contribution >= 0.6 is 0 Å². The number of aromatic nitrogens is 2. The highest BCUT2D eigenvalue weighted by atomic mass is 16.2. The number of likely N-dealkylation sites (tertiary alicyclic amines) is 1. The summed E-state index contributed by atoms with van der Waals surface area (Å²) in [5.41, 5.74) is 3.90. The number of carbonyl (C=O) groups is 2. The molecule has 2 heterocycles. The van der Waals surface area contributed by atoms with Crippen molar-refractivity contribution in [3.63, 3.8) is 0 Å². The highest BCUT2D eigenvalue weighted by Gasteiger charge is 2.37. The van der Waals surface area contributed by atoms with Gasteiger partial charge in [-0.15, -0.1) is 0 Å². The number of amides is 1. The van der Waals surface area contributed by atoms with Crippen molar-refractivity contribution >= 4 is 11.7 Å². The molecule has 1 aliphatic carbocycles. The summed E-state index contributed by atoms with van der Waals surface area (Å²) in [7, 11) is 0. The number of aromatic amines is 1. The fourth-order valence-electron chi connectivity index (χ4n) is 4.17. The van der Waals surface area contributed by atoms with Crippen LogP contribution < -0.4 is 0 Å². The molecule has 1 atom stereocenters. The lowest BCUT2D eigenvalue weighted by Gasteiger charge is -2.33. The molecule has 0 radical (unpaired) electrons. The molecule has 0 spiro atoms. The maximum Gasteiger partial charge on any atom is 0.230 e. The van der Waals surface area contributed by atoms with Crippen LogP contribution in [0, 0.1) is 0 Å². The van der Waals surface area contributed by atoms with Crippen molar-refractivity contribution in [1.82, 2.24) is 15.1 Å². The minimum Gasteiger partial charge on any atom is -0.342 e. The molecule has 0 bridgehead atoms. The van der Waals surface area contributed by atoms with Crippen molar-refractivity contribution in [3.8, 4) is 0 Å². The molecular formula is C21H25N3O2. The van der Waals surface area contributed by atoms with Crippen LogP contribution in [0.3, 0.4) is 0 Å². The van der Waals surface area contributed by atoms with E-state index in [0.717, 1.165) is 42.8 Å². The van der Waals surface area contributed by atoms with E-state index in [-0.39, 0.29) is 17.6 Å². The van der Waals surface area contributed by atoms with E-state index < -0.39 is 0 Å². The van der Waals surface area contributed by atoms with Gasteiger partial charge in [-0.2, -0.15) is 5.10 Å². The minimum atomic E-state index is -0.296. The normalized spacial score (nSPS) is 20.7. The van der Waals surface area contributed by atoms with Crippen LogP contribution in [0.4, 0.5) is 0 Å². The molecule has 1 aromatic heterocycles. The van der Waals surface area contributed by atoms with Crippen LogP contribution in [0.15, 0.2) is 30.3 Å². The molecule has 1 aliphatic heterocycles. The monoisotopic (exact) mass is 351 g/mol. The van der Waals surface area contributed by atoms with Crippen LogP contribution in [-0.2, 0) is 4.79 Å². The number of hydrogen-bond acceptors (Lipinski definition) is 3. The fourth-order valence-corrected chi connectivity index (χ4v) is 4.17. The number of piperidine rings is 1. The van der Waals surface area contributed by atoms with E-state index in [4.69, 9.17) is 0 Å². The van der Waals surface area contributed by atoms with Gasteiger partial charge in [-0.3, -0.25) is 14.7 Å². The first-order valence-electron chi connectivity index (χ1n) is 9.50. The number of benzene rings is 1. The van der Waals surface area contributed by atoms with Crippen molar-refractivity contribution in [3.05, 3.63) is 52.8 Å². The lowest BCUT2D eigenvalue weighted by molar-refractivity contribution is -0.133. The number of ketones is 1. The Hall–Kier alpha value is -2.43. The van der Waals surface area contributed by atoms with Crippen molar-refractivity contribution in [2.75, 3.05) is 13.1 Å². The summed E-state index contributed by atoms with van der Waals surface area (Å²) in [6, 6.07) is 9.70. The number of H-pyrrole nitrogens is 1. The van der Waals surface area contributed by atoms with Gasteiger partial charge >= 0.3 is 0 Å². The van der Waals surface area contributed by atoms with Crippen LogP contribution in [0.25, 0.3) is 0 Å². The first kappa shape index (κ1) is 17.0. The smallest absolute Gasteiger partial charge is 0.230 e. The molecule has 5 heteroatoms. The van der Waals surface area contributed by atoms with E-state index in [9.17, 15) is 9.59 Å². The van der Waals surface area contributed by atoms with Crippen LogP contribution in [0.2, 0.25) is 0 Å². The fraction of sp³-hybridized carbons (Fsp3) is 0.476. The Labute approximate surface area is 153 Å². The van der Waals surface area contributed by atoms with E-state index in [1.165, 1.54) is 5.69 Å². The average Bonchev–Trinajstić information content (AvgIpc) is 3.27. The Morgan fingerprint density at radius 1 is 1.23 bits per heavy atom. The number of fused-ring (bicyclic) bond motifs is 1. The van der Waals surface area contributed by atoms with Crippen LogP contribution in [-0.4, -0.2) is 39.9 Å². The summed E-state index contributed by atoms with van der Waals surface area (Å²) in [4.78, 5) is 27.1. The topological polar surface area (TPSA) is 66.1 Å². The second-order valence-corrected chi connectivity index (χ2v) is 7.77. The summed E-state index contributed by atoms with van der Waals surface area (Å²) in [6.45, 7) is 5.77. The van der Waals surface area contributed by atoms with Crippen LogP contribution in [0.1, 0.15) is 78.2 Å². The summed E-state index contributed by atoms with van der Waals surface area (Å²) in [5, 5.41) is 7.58. The van der Waals surface area contributed by atoms with Gasteiger partial charge in [0.05, 0.1) is 11.6 Å². The minimum absolute atomic E-state index is 0.0903. The second kappa shape index (κ2) is 6.71. The number of Topliss-reactive ketones (excluding diaryl/α,β-unsaturated/α-hetero) is 1. The van der Waals surface area contributed by atoms with Gasteiger partial charge in [0.15, 0.2) is 5.78 Å².